The van der Waals surface area contributed by atoms with Crippen LogP contribution in [-0.2, 0) is 0 Å². The highest BCUT2D eigenvalue weighted by molar-refractivity contribution is 6.31. The Hall–Kier alpha value is -2.40. The van der Waals surface area contributed by atoms with E-state index >= 15 is 0 Å². The lowest BCUT2D eigenvalue weighted by molar-refractivity contribution is 0.0950. The van der Waals surface area contributed by atoms with Crippen LogP contribution in [0.1, 0.15) is 33.6 Å². The number of amides is 2. The van der Waals surface area contributed by atoms with Crippen molar-refractivity contribution in [2.45, 2.75) is 18.9 Å². The number of benzene rings is 2. The fourth-order valence-electron chi connectivity index (χ4n) is 2.07. The lowest BCUT2D eigenvalue weighted by atomic mass is 10.1. The molecule has 0 heterocycles. The maximum atomic E-state index is 13.6. The smallest absolute Gasteiger partial charge is 0.258 e. The molecule has 0 bridgehead atoms. The summed E-state index contributed by atoms with van der Waals surface area (Å²) in [6, 6.07) is 10.5. The van der Waals surface area contributed by atoms with Crippen LogP contribution in [0.3, 0.4) is 0 Å². The Labute approximate surface area is 137 Å². The van der Waals surface area contributed by atoms with Crippen molar-refractivity contribution in [2.75, 3.05) is 5.32 Å². The Morgan fingerprint density at radius 3 is 2.39 bits per heavy atom. The summed E-state index contributed by atoms with van der Waals surface area (Å²) in [7, 11) is 0. The van der Waals surface area contributed by atoms with Crippen molar-refractivity contribution < 1.29 is 14.0 Å². The molecule has 0 spiro atoms. The predicted molar refractivity (Wildman–Crippen MR) is 86.3 cm³/mol. The Morgan fingerprint density at radius 1 is 1.04 bits per heavy atom. The molecule has 0 aliphatic heterocycles. The van der Waals surface area contributed by atoms with Gasteiger partial charge in [0.25, 0.3) is 11.8 Å². The molecule has 6 heteroatoms. The third kappa shape index (κ3) is 3.87. The second kappa shape index (κ2) is 6.38. The number of carbonyl (C=O) groups is 2. The van der Waals surface area contributed by atoms with E-state index in [0.29, 0.717) is 11.3 Å². The van der Waals surface area contributed by atoms with Gasteiger partial charge in [-0.3, -0.25) is 9.59 Å². The maximum absolute atomic E-state index is 13.6. The number of rotatable bonds is 4. The van der Waals surface area contributed by atoms with Crippen LogP contribution in [0.15, 0.2) is 42.5 Å². The summed E-state index contributed by atoms with van der Waals surface area (Å²) >= 11 is 5.77. The lowest BCUT2D eigenvalue weighted by Crippen LogP contribution is -2.25. The van der Waals surface area contributed by atoms with Gasteiger partial charge in [0.1, 0.15) is 5.82 Å². The Bertz CT molecular complexity index is 758. The number of halogens is 2. The van der Waals surface area contributed by atoms with Crippen LogP contribution in [0.4, 0.5) is 10.1 Å². The van der Waals surface area contributed by atoms with Gasteiger partial charge >= 0.3 is 0 Å². The first kappa shape index (κ1) is 15.5. The third-order valence-corrected chi connectivity index (χ3v) is 3.73. The molecule has 0 aromatic heterocycles. The highest BCUT2D eigenvalue weighted by Crippen LogP contribution is 2.20. The second-order valence-corrected chi connectivity index (χ2v) is 5.84. The van der Waals surface area contributed by atoms with Crippen LogP contribution in [0.5, 0.6) is 0 Å². The van der Waals surface area contributed by atoms with Crippen LogP contribution in [-0.4, -0.2) is 17.9 Å². The molecule has 1 aliphatic rings. The summed E-state index contributed by atoms with van der Waals surface area (Å²) in [4.78, 5) is 23.9. The van der Waals surface area contributed by atoms with Crippen LogP contribution in [0.25, 0.3) is 0 Å². The molecule has 4 nitrogen and oxygen atoms in total. The molecule has 0 radical (unpaired) electrons. The highest BCUT2D eigenvalue weighted by atomic mass is 35.5. The number of hydrogen-bond donors (Lipinski definition) is 2. The average molecular weight is 333 g/mol. The van der Waals surface area contributed by atoms with E-state index in [4.69, 9.17) is 11.6 Å². The van der Waals surface area contributed by atoms with E-state index in [1.807, 2.05) is 0 Å². The molecule has 0 saturated heterocycles. The van der Waals surface area contributed by atoms with Gasteiger partial charge in [-0.1, -0.05) is 11.6 Å². The molecule has 2 aromatic rings. The van der Waals surface area contributed by atoms with Crippen molar-refractivity contribution >= 4 is 29.1 Å². The summed E-state index contributed by atoms with van der Waals surface area (Å²) in [5.74, 6) is -1.38. The topological polar surface area (TPSA) is 58.2 Å². The number of hydrogen-bond acceptors (Lipinski definition) is 2. The third-order valence-electron chi connectivity index (χ3n) is 3.49. The van der Waals surface area contributed by atoms with Gasteiger partial charge in [0.2, 0.25) is 0 Å². The van der Waals surface area contributed by atoms with Gasteiger partial charge in [0.05, 0.1) is 5.56 Å². The van der Waals surface area contributed by atoms with E-state index in [1.165, 1.54) is 12.1 Å². The molecule has 2 aromatic carbocycles. The molecule has 0 unspecified atom stereocenters. The minimum absolute atomic E-state index is 0.131. The zero-order chi connectivity index (χ0) is 16.4. The molecule has 0 atom stereocenters. The van der Waals surface area contributed by atoms with Gasteiger partial charge in [0.15, 0.2) is 0 Å². The van der Waals surface area contributed by atoms with E-state index in [9.17, 15) is 14.0 Å². The van der Waals surface area contributed by atoms with E-state index in [0.717, 1.165) is 18.9 Å². The van der Waals surface area contributed by atoms with E-state index in [1.54, 1.807) is 24.3 Å². The van der Waals surface area contributed by atoms with E-state index in [-0.39, 0.29) is 22.5 Å². The van der Waals surface area contributed by atoms with Crippen LogP contribution < -0.4 is 10.6 Å². The van der Waals surface area contributed by atoms with Gasteiger partial charge in [-0.15, -0.1) is 0 Å². The molecule has 2 amide bonds. The standard InChI is InChI=1S/C17H14ClFN2O2/c18-11-3-8-15(19)14(9-11)17(23)21-12-4-1-10(2-5-12)16(22)20-13-6-7-13/h1-5,8-9,13H,6-7H2,(H,20,22)(H,21,23). The van der Waals surface area contributed by atoms with Crippen molar-refractivity contribution in [1.29, 1.82) is 0 Å². The first-order valence-corrected chi connectivity index (χ1v) is 7.58. The fraction of sp³-hybridized carbons (Fsp3) is 0.176. The van der Waals surface area contributed by atoms with Crippen molar-refractivity contribution in [3.63, 3.8) is 0 Å². The molecule has 23 heavy (non-hydrogen) atoms. The van der Waals surface area contributed by atoms with Gasteiger partial charge in [-0.2, -0.15) is 0 Å². The zero-order valence-corrected chi connectivity index (χ0v) is 12.9. The zero-order valence-electron chi connectivity index (χ0n) is 12.1. The first-order chi connectivity index (χ1) is 11.0. The minimum Gasteiger partial charge on any atom is -0.349 e. The molecular weight excluding hydrogens is 319 g/mol. The summed E-state index contributed by atoms with van der Waals surface area (Å²) in [5, 5.41) is 5.74. The second-order valence-electron chi connectivity index (χ2n) is 5.40. The first-order valence-electron chi connectivity index (χ1n) is 7.20. The van der Waals surface area contributed by atoms with Gasteiger partial charge < -0.3 is 10.6 Å². The minimum atomic E-state index is -0.646. The van der Waals surface area contributed by atoms with Gasteiger partial charge in [-0.25, -0.2) is 4.39 Å². The van der Waals surface area contributed by atoms with Crippen molar-refractivity contribution in [1.82, 2.24) is 5.32 Å². The van der Waals surface area contributed by atoms with Crippen LogP contribution in [0.2, 0.25) is 5.02 Å². The van der Waals surface area contributed by atoms with Gasteiger partial charge in [-0.05, 0) is 55.3 Å². The van der Waals surface area contributed by atoms with E-state index < -0.39 is 11.7 Å². The van der Waals surface area contributed by atoms with Crippen molar-refractivity contribution in [3.8, 4) is 0 Å². The number of nitrogens with one attached hydrogen (secondary N) is 2. The number of carbonyl (C=O) groups excluding carboxylic acids is 2. The molecule has 118 valence electrons. The van der Waals surface area contributed by atoms with Crippen LogP contribution >= 0.6 is 11.6 Å². The Balaban J connectivity index is 1.68. The quantitative estimate of drug-likeness (QED) is 0.898. The van der Waals surface area contributed by atoms with Gasteiger partial charge in [0, 0.05) is 22.3 Å². The maximum Gasteiger partial charge on any atom is 0.258 e. The highest BCUT2D eigenvalue weighted by Gasteiger charge is 2.23. The van der Waals surface area contributed by atoms with E-state index in [2.05, 4.69) is 10.6 Å². The summed E-state index contributed by atoms with van der Waals surface area (Å²) in [6.07, 6.45) is 2.04. The lowest BCUT2D eigenvalue weighted by Gasteiger charge is -2.08. The normalized spacial score (nSPS) is 13.5. The SMILES string of the molecule is O=C(NC1CC1)c1ccc(NC(=O)c2cc(Cl)ccc2F)cc1. The summed E-state index contributed by atoms with van der Waals surface area (Å²) in [5.41, 5.74) is 0.856. The monoisotopic (exact) mass is 332 g/mol. The fourth-order valence-corrected chi connectivity index (χ4v) is 2.24. The number of anilines is 1. The molecule has 1 aliphatic carbocycles. The molecule has 2 N–H and O–H groups in total. The molecule has 1 fully saturated rings. The van der Waals surface area contributed by atoms with Crippen molar-refractivity contribution in [2.24, 2.45) is 0 Å². The molecular formula is C17H14ClFN2O2. The predicted octanol–water partition coefficient (Wildman–Crippen LogP) is 3.62. The Morgan fingerprint density at radius 2 is 1.74 bits per heavy atom. The van der Waals surface area contributed by atoms with Crippen molar-refractivity contribution in [3.05, 3.63) is 64.4 Å². The summed E-state index contributed by atoms with van der Waals surface area (Å²) < 4.78 is 13.6. The molecule has 3 rings (SSSR count). The van der Waals surface area contributed by atoms with Crippen LogP contribution in [0, 0.1) is 5.82 Å². The largest absolute Gasteiger partial charge is 0.349 e. The molecule has 1 saturated carbocycles. The summed E-state index contributed by atoms with van der Waals surface area (Å²) in [6.45, 7) is 0. The Kier molecular flexibility index (Phi) is 4.30. The average Bonchev–Trinajstić information content (AvgIpc) is 3.34.